The van der Waals surface area contributed by atoms with Crippen LogP contribution in [-0.4, -0.2) is 29.4 Å². The first kappa shape index (κ1) is 19.7. The van der Waals surface area contributed by atoms with E-state index in [1.807, 2.05) is 53.6 Å². The Morgan fingerprint density at radius 1 is 1.17 bits per heavy atom. The summed E-state index contributed by atoms with van der Waals surface area (Å²) in [5.41, 5.74) is 2.69. The van der Waals surface area contributed by atoms with Gasteiger partial charge in [-0.1, -0.05) is 17.0 Å². The van der Waals surface area contributed by atoms with Crippen LogP contribution in [0.15, 0.2) is 66.0 Å². The zero-order valence-corrected chi connectivity index (χ0v) is 16.8. The lowest BCUT2D eigenvalue weighted by molar-refractivity contribution is 0.184. The molecule has 0 fully saturated rings. The molecule has 1 N–H and O–H groups in total. The highest BCUT2D eigenvalue weighted by atomic mass is 16.5. The summed E-state index contributed by atoms with van der Waals surface area (Å²) in [6.07, 6.45) is 10.3. The number of imidazole rings is 2. The van der Waals surface area contributed by atoms with E-state index in [4.69, 9.17) is 4.52 Å². The first-order chi connectivity index (χ1) is 14.7. The molecule has 7 heteroatoms. The van der Waals surface area contributed by atoms with Gasteiger partial charge in [-0.15, -0.1) is 0 Å². The lowest BCUT2D eigenvalue weighted by Gasteiger charge is -2.07. The lowest BCUT2D eigenvalue weighted by atomic mass is 10.1. The molecule has 152 valence electrons. The van der Waals surface area contributed by atoms with Crippen molar-refractivity contribution in [2.75, 3.05) is 0 Å². The summed E-state index contributed by atoms with van der Waals surface area (Å²) in [6.45, 7) is 3.11. The Labute approximate surface area is 175 Å². The summed E-state index contributed by atoms with van der Waals surface area (Å²) < 4.78 is 9.41. The summed E-state index contributed by atoms with van der Waals surface area (Å²) in [5, 5.41) is 13.9. The molecular formula is C23H23N5O2. The minimum atomic E-state index is -0.633. The number of aliphatic hydroxyl groups excluding tert-OH is 1. The summed E-state index contributed by atoms with van der Waals surface area (Å²) >= 11 is 0. The summed E-state index contributed by atoms with van der Waals surface area (Å²) in [7, 11) is 0. The van der Waals surface area contributed by atoms with E-state index >= 15 is 0 Å². The van der Waals surface area contributed by atoms with Crippen LogP contribution in [-0.2, 0) is 13.1 Å². The molecule has 1 atom stereocenters. The molecule has 4 rings (SSSR count). The van der Waals surface area contributed by atoms with Crippen molar-refractivity contribution in [3.63, 3.8) is 0 Å². The Morgan fingerprint density at radius 3 is 2.80 bits per heavy atom. The number of hydrogen-bond donors (Lipinski definition) is 1. The van der Waals surface area contributed by atoms with Crippen molar-refractivity contribution >= 4 is 0 Å². The average Bonchev–Trinajstić information content (AvgIpc) is 3.51. The lowest BCUT2D eigenvalue weighted by Crippen LogP contribution is -2.07. The molecule has 0 unspecified atom stereocenters. The van der Waals surface area contributed by atoms with Gasteiger partial charge in [0.2, 0.25) is 0 Å². The summed E-state index contributed by atoms with van der Waals surface area (Å²) in [6, 6.07) is 9.85. The molecule has 0 spiro atoms. The van der Waals surface area contributed by atoms with E-state index in [0.717, 1.165) is 36.2 Å². The van der Waals surface area contributed by atoms with E-state index < -0.39 is 6.10 Å². The van der Waals surface area contributed by atoms with Crippen LogP contribution in [0.2, 0.25) is 0 Å². The third kappa shape index (κ3) is 4.85. The van der Waals surface area contributed by atoms with Crippen LogP contribution < -0.4 is 0 Å². The molecular weight excluding hydrogens is 378 g/mol. The fraction of sp³-hybridized carbons (Fsp3) is 0.261. The third-order valence-electron chi connectivity index (χ3n) is 4.69. The van der Waals surface area contributed by atoms with E-state index in [0.29, 0.717) is 18.1 Å². The zero-order valence-electron chi connectivity index (χ0n) is 16.8. The quantitative estimate of drug-likeness (QED) is 0.377. The van der Waals surface area contributed by atoms with Gasteiger partial charge in [0.1, 0.15) is 17.6 Å². The van der Waals surface area contributed by atoms with Crippen LogP contribution in [0.3, 0.4) is 0 Å². The first-order valence-corrected chi connectivity index (χ1v) is 9.89. The highest BCUT2D eigenvalue weighted by Crippen LogP contribution is 2.22. The first-order valence-electron chi connectivity index (χ1n) is 9.89. The van der Waals surface area contributed by atoms with Crippen molar-refractivity contribution in [1.82, 2.24) is 24.3 Å². The molecule has 30 heavy (non-hydrogen) atoms. The van der Waals surface area contributed by atoms with Gasteiger partial charge < -0.3 is 18.8 Å². The van der Waals surface area contributed by atoms with Gasteiger partial charge in [-0.2, -0.15) is 0 Å². The topological polar surface area (TPSA) is 81.9 Å². The molecule has 0 aliphatic heterocycles. The predicted molar refractivity (Wildman–Crippen MR) is 112 cm³/mol. The van der Waals surface area contributed by atoms with Crippen molar-refractivity contribution in [1.29, 1.82) is 0 Å². The van der Waals surface area contributed by atoms with E-state index in [9.17, 15) is 5.11 Å². The molecule has 0 aliphatic carbocycles. The largest absolute Gasteiger partial charge is 0.385 e. The molecule has 4 aromatic rings. The molecule has 3 heterocycles. The molecule has 7 nitrogen and oxygen atoms in total. The summed E-state index contributed by atoms with van der Waals surface area (Å²) in [4.78, 5) is 8.21. The van der Waals surface area contributed by atoms with E-state index in [1.54, 1.807) is 19.3 Å². The number of unbranched alkanes of at least 4 members (excludes halogenated alkanes) is 1. The maximum atomic E-state index is 9.77. The van der Waals surface area contributed by atoms with Gasteiger partial charge >= 0.3 is 0 Å². The van der Waals surface area contributed by atoms with Gasteiger partial charge in [0.25, 0.3) is 0 Å². The second-order valence-corrected chi connectivity index (χ2v) is 7.06. The maximum absolute atomic E-state index is 9.77. The minimum Gasteiger partial charge on any atom is -0.385 e. The molecule has 0 amide bonds. The monoisotopic (exact) mass is 401 g/mol. The highest BCUT2D eigenvalue weighted by Gasteiger charge is 2.12. The highest BCUT2D eigenvalue weighted by molar-refractivity contribution is 5.59. The van der Waals surface area contributed by atoms with Crippen LogP contribution in [0.5, 0.6) is 0 Å². The molecule has 0 aliphatic rings. The SMILES string of the molecule is C[C@H](O)c1nccn1Cc1cc(-c2ccc(C#CCCCn3ccnc3)cc2)on1. The second-order valence-electron chi connectivity index (χ2n) is 7.06. The van der Waals surface area contributed by atoms with Crippen LogP contribution in [0.25, 0.3) is 11.3 Å². The smallest absolute Gasteiger partial charge is 0.167 e. The fourth-order valence-electron chi connectivity index (χ4n) is 3.17. The number of aromatic nitrogens is 5. The molecule has 3 aromatic heterocycles. The van der Waals surface area contributed by atoms with Crippen molar-refractivity contribution in [2.24, 2.45) is 0 Å². The zero-order chi connectivity index (χ0) is 20.8. The van der Waals surface area contributed by atoms with Crippen molar-refractivity contribution < 1.29 is 9.63 Å². The Balaban J connectivity index is 1.34. The van der Waals surface area contributed by atoms with E-state index in [-0.39, 0.29) is 0 Å². The Bertz CT molecular complexity index is 1130. The fourth-order valence-corrected chi connectivity index (χ4v) is 3.17. The number of benzene rings is 1. The molecule has 0 radical (unpaired) electrons. The van der Waals surface area contributed by atoms with Gasteiger partial charge in [-0.25, -0.2) is 9.97 Å². The second kappa shape index (κ2) is 9.25. The predicted octanol–water partition coefficient (Wildman–Crippen LogP) is 3.67. The number of aliphatic hydroxyl groups is 1. The Morgan fingerprint density at radius 2 is 2.03 bits per heavy atom. The summed E-state index contributed by atoms with van der Waals surface area (Å²) in [5.74, 6) is 7.72. The van der Waals surface area contributed by atoms with Gasteiger partial charge in [-0.3, -0.25) is 0 Å². The van der Waals surface area contributed by atoms with Crippen LogP contribution in [0, 0.1) is 11.8 Å². The van der Waals surface area contributed by atoms with Gasteiger partial charge in [0.15, 0.2) is 5.76 Å². The number of hydrogen-bond acceptors (Lipinski definition) is 5. The van der Waals surface area contributed by atoms with Gasteiger partial charge in [-0.05, 0) is 37.6 Å². The average molecular weight is 401 g/mol. The Hall–Kier alpha value is -3.63. The normalized spacial score (nSPS) is 11.8. The molecule has 0 saturated carbocycles. The van der Waals surface area contributed by atoms with Gasteiger partial charge in [0.05, 0.1) is 12.9 Å². The minimum absolute atomic E-state index is 0.492. The molecule has 0 saturated heterocycles. The van der Waals surface area contributed by atoms with Crippen LogP contribution in [0.4, 0.5) is 0 Å². The van der Waals surface area contributed by atoms with Crippen LogP contribution in [0.1, 0.15) is 43.0 Å². The molecule has 1 aromatic carbocycles. The number of aryl methyl sites for hydroxylation is 1. The van der Waals surface area contributed by atoms with E-state index in [1.165, 1.54) is 0 Å². The van der Waals surface area contributed by atoms with Crippen molar-refractivity contribution in [3.05, 3.63) is 78.5 Å². The van der Waals surface area contributed by atoms with Gasteiger partial charge in [0, 0.05) is 54.9 Å². The van der Waals surface area contributed by atoms with Crippen molar-refractivity contribution in [3.8, 4) is 23.2 Å². The Kier molecular flexibility index (Phi) is 6.06. The number of nitrogens with zero attached hydrogens (tertiary/aromatic N) is 5. The maximum Gasteiger partial charge on any atom is 0.167 e. The molecule has 0 bridgehead atoms. The third-order valence-corrected chi connectivity index (χ3v) is 4.69. The standard InChI is InChI=1S/C23H23N5O2/c1-18(29)23-25-11-14-28(23)16-21-15-22(30-26-21)20-8-6-19(7-9-20)5-3-2-4-12-27-13-10-24-17-27/h6-11,13-15,17-18,29H,2,4,12,16H2,1H3/t18-/m0/s1. The van der Waals surface area contributed by atoms with Crippen molar-refractivity contribution in [2.45, 2.75) is 39.0 Å². The number of rotatable bonds is 7. The van der Waals surface area contributed by atoms with Crippen LogP contribution >= 0.6 is 0 Å². The van der Waals surface area contributed by atoms with E-state index in [2.05, 4.69) is 31.5 Å².